The average molecular weight is 241 g/mol. The zero-order valence-corrected chi connectivity index (χ0v) is 9.50. The van der Waals surface area contributed by atoms with Crippen molar-refractivity contribution in [1.82, 2.24) is 4.98 Å². The molecular weight excluding hydrogens is 226 g/mol. The van der Waals surface area contributed by atoms with E-state index in [-0.39, 0.29) is 12.3 Å². The van der Waals surface area contributed by atoms with E-state index in [1.165, 1.54) is 25.4 Å². The Hall–Kier alpha value is -1.73. The maximum absolute atomic E-state index is 10.5. The van der Waals surface area contributed by atoms with Crippen LogP contribution in [0.3, 0.4) is 0 Å². The van der Waals surface area contributed by atoms with Crippen molar-refractivity contribution < 1.29 is 14.8 Å². The molecule has 0 aromatic carbocycles. The molecule has 17 heavy (non-hydrogen) atoms. The van der Waals surface area contributed by atoms with E-state index in [4.69, 9.17) is 4.74 Å². The van der Waals surface area contributed by atoms with E-state index >= 15 is 0 Å². The second-order valence-electron chi connectivity index (χ2n) is 3.48. The van der Waals surface area contributed by atoms with Gasteiger partial charge >= 0.3 is 0 Å². The summed E-state index contributed by atoms with van der Waals surface area (Å²) in [5.74, 6) is 0.420. The Morgan fingerprint density at radius 1 is 1.71 bits per heavy atom. The van der Waals surface area contributed by atoms with Crippen molar-refractivity contribution >= 4 is 11.5 Å². The Labute approximate surface area is 98.6 Å². The highest BCUT2D eigenvalue weighted by atomic mass is 16.6. The molecule has 1 aromatic rings. The molecule has 0 aliphatic carbocycles. The van der Waals surface area contributed by atoms with Crippen LogP contribution in [0, 0.1) is 10.1 Å². The lowest BCUT2D eigenvalue weighted by molar-refractivity contribution is -0.384. The zero-order valence-electron chi connectivity index (χ0n) is 9.50. The SMILES string of the molecule is COCC(O)CCNc1cc([N+](=O)[O-])ccn1. The second kappa shape index (κ2) is 6.77. The van der Waals surface area contributed by atoms with E-state index < -0.39 is 11.0 Å². The molecular formula is C10H15N3O4. The number of hydrogen-bond acceptors (Lipinski definition) is 6. The van der Waals surface area contributed by atoms with Crippen LogP contribution in [-0.4, -0.2) is 41.4 Å². The molecule has 0 amide bonds. The van der Waals surface area contributed by atoms with Crippen molar-refractivity contribution in [3.63, 3.8) is 0 Å². The Morgan fingerprint density at radius 3 is 3.12 bits per heavy atom. The zero-order chi connectivity index (χ0) is 12.7. The molecule has 0 aliphatic heterocycles. The van der Waals surface area contributed by atoms with E-state index in [0.717, 1.165) is 0 Å². The molecule has 0 aliphatic rings. The Bertz CT molecular complexity index is 372. The number of nitrogens with zero attached hydrogens (tertiary/aromatic N) is 2. The number of rotatable bonds is 7. The molecule has 0 bridgehead atoms. The van der Waals surface area contributed by atoms with E-state index in [1.54, 1.807) is 0 Å². The number of nitrogens with one attached hydrogen (secondary N) is 1. The highest BCUT2D eigenvalue weighted by Crippen LogP contribution is 2.13. The number of anilines is 1. The highest BCUT2D eigenvalue weighted by Gasteiger charge is 2.07. The van der Waals surface area contributed by atoms with Crippen molar-refractivity contribution in [2.75, 3.05) is 25.6 Å². The summed E-state index contributed by atoms with van der Waals surface area (Å²) in [6, 6.07) is 2.67. The van der Waals surface area contributed by atoms with Gasteiger partial charge in [0.25, 0.3) is 5.69 Å². The average Bonchev–Trinajstić information content (AvgIpc) is 2.30. The molecule has 2 N–H and O–H groups in total. The Balaban J connectivity index is 2.41. The van der Waals surface area contributed by atoms with Crippen molar-refractivity contribution in [2.24, 2.45) is 0 Å². The van der Waals surface area contributed by atoms with Crippen LogP contribution in [0.4, 0.5) is 11.5 Å². The van der Waals surface area contributed by atoms with Crippen LogP contribution < -0.4 is 5.32 Å². The van der Waals surface area contributed by atoms with Gasteiger partial charge in [-0.2, -0.15) is 0 Å². The predicted molar refractivity (Wildman–Crippen MR) is 61.9 cm³/mol. The van der Waals surface area contributed by atoms with E-state index in [9.17, 15) is 15.2 Å². The van der Waals surface area contributed by atoms with Gasteiger partial charge in [-0.15, -0.1) is 0 Å². The number of aliphatic hydroxyl groups excluding tert-OH is 1. The third kappa shape index (κ3) is 4.75. The summed E-state index contributed by atoms with van der Waals surface area (Å²) in [6.07, 6.45) is 1.30. The third-order valence-electron chi connectivity index (χ3n) is 2.10. The maximum atomic E-state index is 10.5. The van der Waals surface area contributed by atoms with Gasteiger partial charge in [0.15, 0.2) is 0 Å². The summed E-state index contributed by atoms with van der Waals surface area (Å²) >= 11 is 0. The van der Waals surface area contributed by atoms with Gasteiger partial charge in [0, 0.05) is 25.9 Å². The summed E-state index contributed by atoms with van der Waals surface area (Å²) in [5, 5.41) is 22.8. The number of ether oxygens (including phenoxy) is 1. The van der Waals surface area contributed by atoms with Gasteiger partial charge in [0.2, 0.25) is 0 Å². The van der Waals surface area contributed by atoms with Crippen LogP contribution in [0.1, 0.15) is 6.42 Å². The summed E-state index contributed by atoms with van der Waals surface area (Å²) < 4.78 is 4.77. The minimum absolute atomic E-state index is 0.0139. The molecule has 1 heterocycles. The molecule has 0 saturated heterocycles. The Morgan fingerprint density at radius 2 is 2.47 bits per heavy atom. The first-order chi connectivity index (χ1) is 8.13. The third-order valence-corrected chi connectivity index (χ3v) is 2.10. The van der Waals surface area contributed by atoms with Crippen molar-refractivity contribution in [1.29, 1.82) is 0 Å². The van der Waals surface area contributed by atoms with Gasteiger partial charge < -0.3 is 15.2 Å². The lowest BCUT2D eigenvalue weighted by Gasteiger charge is -2.10. The summed E-state index contributed by atoms with van der Waals surface area (Å²) in [6.45, 7) is 0.739. The fourth-order valence-electron chi connectivity index (χ4n) is 1.27. The van der Waals surface area contributed by atoms with E-state index in [1.807, 2.05) is 0 Å². The van der Waals surface area contributed by atoms with Gasteiger partial charge in [-0.3, -0.25) is 10.1 Å². The fourth-order valence-corrected chi connectivity index (χ4v) is 1.27. The first-order valence-electron chi connectivity index (χ1n) is 5.15. The molecule has 0 spiro atoms. The van der Waals surface area contributed by atoms with Crippen molar-refractivity contribution in [3.8, 4) is 0 Å². The summed E-state index contributed by atoms with van der Waals surface area (Å²) in [7, 11) is 1.51. The first kappa shape index (κ1) is 13.3. The smallest absolute Gasteiger partial charge is 0.274 e. The monoisotopic (exact) mass is 241 g/mol. The van der Waals surface area contributed by atoms with Crippen LogP contribution in [-0.2, 0) is 4.74 Å². The molecule has 1 rings (SSSR count). The summed E-state index contributed by atoms with van der Waals surface area (Å²) in [4.78, 5) is 14.0. The molecule has 94 valence electrons. The minimum atomic E-state index is -0.550. The molecule has 7 nitrogen and oxygen atoms in total. The molecule has 1 aromatic heterocycles. The maximum Gasteiger partial charge on any atom is 0.274 e. The van der Waals surface area contributed by atoms with Gasteiger partial charge in [-0.05, 0) is 6.42 Å². The second-order valence-corrected chi connectivity index (χ2v) is 3.48. The number of methoxy groups -OCH3 is 1. The largest absolute Gasteiger partial charge is 0.391 e. The topological polar surface area (TPSA) is 97.5 Å². The van der Waals surface area contributed by atoms with Gasteiger partial charge in [0.1, 0.15) is 5.82 Å². The fraction of sp³-hybridized carbons (Fsp3) is 0.500. The molecule has 1 unspecified atom stereocenters. The highest BCUT2D eigenvalue weighted by molar-refractivity contribution is 5.44. The Kier molecular flexibility index (Phi) is 5.31. The molecule has 1 atom stereocenters. The number of hydrogen-bond donors (Lipinski definition) is 2. The van der Waals surface area contributed by atoms with E-state index in [2.05, 4.69) is 10.3 Å². The normalized spacial score (nSPS) is 12.1. The minimum Gasteiger partial charge on any atom is -0.391 e. The molecule has 0 saturated carbocycles. The lowest BCUT2D eigenvalue weighted by Crippen LogP contribution is -2.18. The van der Waals surface area contributed by atoms with Crippen LogP contribution >= 0.6 is 0 Å². The van der Waals surface area contributed by atoms with Crippen LogP contribution in [0.15, 0.2) is 18.3 Å². The van der Waals surface area contributed by atoms with E-state index in [0.29, 0.717) is 18.8 Å². The predicted octanol–water partition coefficient (Wildman–Crippen LogP) is 0.799. The van der Waals surface area contributed by atoms with Crippen molar-refractivity contribution in [3.05, 3.63) is 28.4 Å². The first-order valence-corrected chi connectivity index (χ1v) is 5.15. The van der Waals surface area contributed by atoms with Crippen molar-refractivity contribution in [2.45, 2.75) is 12.5 Å². The van der Waals surface area contributed by atoms with Crippen LogP contribution in [0.25, 0.3) is 0 Å². The quantitative estimate of drug-likeness (QED) is 0.541. The van der Waals surface area contributed by atoms with Gasteiger partial charge in [-0.1, -0.05) is 0 Å². The number of aliphatic hydroxyl groups is 1. The molecule has 7 heteroatoms. The lowest BCUT2D eigenvalue weighted by atomic mass is 10.2. The van der Waals surface area contributed by atoms with Crippen LogP contribution in [0.5, 0.6) is 0 Å². The van der Waals surface area contributed by atoms with Gasteiger partial charge in [-0.25, -0.2) is 4.98 Å². The number of pyridine rings is 1. The molecule has 0 fully saturated rings. The number of aromatic nitrogens is 1. The summed E-state index contributed by atoms with van der Waals surface area (Å²) in [5.41, 5.74) is -0.0139. The van der Waals surface area contributed by atoms with Gasteiger partial charge in [0.05, 0.1) is 23.7 Å². The number of nitro groups is 1. The molecule has 0 radical (unpaired) electrons. The van der Waals surface area contributed by atoms with Crippen LogP contribution in [0.2, 0.25) is 0 Å². The standard InChI is InChI=1S/C10H15N3O4/c1-17-7-9(14)3-5-12-10-6-8(13(15)16)2-4-11-10/h2,4,6,9,14H,3,5,7H2,1H3,(H,11,12).